The maximum atomic E-state index is 12.3. The third-order valence-electron chi connectivity index (χ3n) is 5.86. The molecule has 0 heterocycles. The summed E-state index contributed by atoms with van der Waals surface area (Å²) in [6.07, 6.45) is 5.13. The predicted octanol–water partition coefficient (Wildman–Crippen LogP) is 7.43. The summed E-state index contributed by atoms with van der Waals surface area (Å²) in [5.41, 5.74) is 0. The molecule has 1 fully saturated rings. The van der Waals surface area contributed by atoms with E-state index in [4.69, 9.17) is 9.47 Å². The maximum absolute atomic E-state index is 12.3. The second-order valence-corrected chi connectivity index (χ2v) is 12.2. The number of alkyl halides is 1. The zero-order valence-corrected chi connectivity index (χ0v) is 21.8. The van der Waals surface area contributed by atoms with Crippen molar-refractivity contribution in [3.8, 4) is 5.75 Å². The summed E-state index contributed by atoms with van der Waals surface area (Å²) in [5, 5.41) is 0. The maximum Gasteiger partial charge on any atom is 0.321 e. The van der Waals surface area contributed by atoms with E-state index < -0.39 is 6.29 Å². The Kier molecular flexibility index (Phi) is 8.73. The average molecular weight is 574 g/mol. The lowest BCUT2D eigenvalue weighted by Crippen LogP contribution is -2.35. The van der Waals surface area contributed by atoms with Crippen molar-refractivity contribution in [3.05, 3.63) is 84.9 Å². The Morgan fingerprint density at radius 2 is 1.33 bits per heavy atom. The molecule has 1 saturated carbocycles. The first-order valence-corrected chi connectivity index (χ1v) is 14.0. The number of ether oxygens (including phenoxy) is 2. The minimum absolute atomic E-state index is 0.196. The summed E-state index contributed by atoms with van der Waals surface area (Å²) in [7, 11) is -0.197. The molecule has 0 aliphatic heterocycles. The summed E-state index contributed by atoms with van der Waals surface area (Å²) in [4.78, 5) is 16.1. The van der Waals surface area contributed by atoms with Gasteiger partial charge in [0.2, 0.25) is 6.29 Å². The zero-order chi connectivity index (χ0) is 23.0. The molecule has 0 saturated heterocycles. The van der Waals surface area contributed by atoms with Crippen LogP contribution in [0.4, 0.5) is 0 Å². The first-order chi connectivity index (χ1) is 16.1. The van der Waals surface area contributed by atoms with Gasteiger partial charge in [-0.3, -0.25) is 4.79 Å². The molecule has 0 radical (unpaired) electrons. The average Bonchev–Trinajstić information content (AvgIpc) is 2.86. The largest absolute Gasteiger partial charge is 0.454 e. The van der Waals surface area contributed by atoms with Gasteiger partial charge >= 0.3 is 5.97 Å². The topological polar surface area (TPSA) is 35.5 Å². The highest BCUT2D eigenvalue weighted by Crippen LogP contribution is 2.34. The molecule has 0 spiro atoms. The lowest BCUT2D eigenvalue weighted by atomic mass is 9.89. The van der Waals surface area contributed by atoms with E-state index in [1.807, 2.05) is 19.1 Å². The Labute approximate surface area is 213 Å². The van der Waals surface area contributed by atoms with Gasteiger partial charge in [-0.25, -0.2) is 0 Å². The van der Waals surface area contributed by atoms with Crippen LogP contribution >= 0.6 is 22.6 Å². The van der Waals surface area contributed by atoms with E-state index in [9.17, 15) is 4.79 Å². The van der Waals surface area contributed by atoms with E-state index in [2.05, 4.69) is 95.4 Å². The highest BCUT2D eigenvalue weighted by atomic mass is 127. The molecule has 2 atom stereocenters. The highest BCUT2D eigenvalue weighted by molar-refractivity contribution is 14.1. The van der Waals surface area contributed by atoms with Crippen LogP contribution in [0.2, 0.25) is 0 Å². The molecule has 5 heteroatoms. The van der Waals surface area contributed by atoms with Crippen molar-refractivity contribution in [3.63, 3.8) is 0 Å². The fourth-order valence-electron chi connectivity index (χ4n) is 4.14. The fraction of sp³-hybridized carbons (Fsp3) is 0.321. The third kappa shape index (κ3) is 6.54. The van der Waals surface area contributed by atoms with Crippen LogP contribution in [0.25, 0.3) is 0 Å². The fourth-order valence-corrected chi connectivity index (χ4v) is 6.37. The van der Waals surface area contributed by atoms with E-state index in [-0.39, 0.29) is 26.7 Å². The van der Waals surface area contributed by atoms with E-state index in [1.54, 1.807) is 0 Å². The normalized spacial score (nSPS) is 16.2. The van der Waals surface area contributed by atoms with Gasteiger partial charge in [-0.2, -0.15) is 0 Å². The van der Waals surface area contributed by atoms with E-state index in [1.165, 1.54) is 21.1 Å². The number of benzene rings is 3. The molecule has 33 heavy (non-hydrogen) atoms. The second kappa shape index (κ2) is 11.9. The van der Waals surface area contributed by atoms with Crippen molar-refractivity contribution in [2.24, 2.45) is 5.92 Å². The van der Waals surface area contributed by atoms with Crippen LogP contribution in [-0.4, -0.2) is 16.2 Å². The highest BCUT2D eigenvalue weighted by Gasteiger charge is 2.31. The Bertz CT molecular complexity index is 963. The first-order valence-electron chi connectivity index (χ1n) is 11.6. The molecule has 0 bridgehead atoms. The number of esters is 1. The van der Waals surface area contributed by atoms with Gasteiger partial charge < -0.3 is 9.47 Å². The molecular formula is C28H30IO3S+. The molecule has 1 aliphatic carbocycles. The summed E-state index contributed by atoms with van der Waals surface area (Å²) < 4.78 is 11.9. The molecule has 0 aromatic heterocycles. The van der Waals surface area contributed by atoms with Crippen LogP contribution in [0.15, 0.2) is 99.6 Å². The molecule has 0 amide bonds. The Morgan fingerprint density at radius 1 is 0.818 bits per heavy atom. The van der Waals surface area contributed by atoms with E-state index in [0.29, 0.717) is 0 Å². The molecule has 3 nitrogen and oxygen atoms in total. The number of halogens is 1. The Morgan fingerprint density at radius 3 is 1.85 bits per heavy atom. The van der Waals surface area contributed by atoms with Gasteiger partial charge in [0.05, 0.1) is 10.9 Å². The van der Waals surface area contributed by atoms with Gasteiger partial charge in [-0.15, -0.1) is 0 Å². The molecule has 4 rings (SSSR count). The van der Waals surface area contributed by atoms with E-state index >= 15 is 0 Å². The van der Waals surface area contributed by atoms with Gasteiger partial charge in [-0.05, 0) is 68.3 Å². The van der Waals surface area contributed by atoms with Gasteiger partial charge in [0.25, 0.3) is 0 Å². The lowest BCUT2D eigenvalue weighted by molar-refractivity contribution is -0.172. The van der Waals surface area contributed by atoms with E-state index in [0.717, 1.165) is 31.4 Å². The third-order valence-corrected chi connectivity index (χ3v) is 8.60. The molecular weight excluding hydrogens is 543 g/mol. The van der Waals surface area contributed by atoms with Gasteiger partial charge in [0.15, 0.2) is 14.7 Å². The van der Waals surface area contributed by atoms with Crippen LogP contribution in [0.5, 0.6) is 5.75 Å². The minimum atomic E-state index is -0.526. The Hall–Kier alpha value is -1.99. The second-order valence-electron chi connectivity index (χ2n) is 8.34. The number of hydrogen-bond acceptors (Lipinski definition) is 3. The monoisotopic (exact) mass is 573 g/mol. The van der Waals surface area contributed by atoms with Crippen molar-refractivity contribution >= 4 is 39.5 Å². The number of carbonyl (C=O) groups excluding carboxylic acids is 1. The number of carbonyl (C=O) groups is 1. The summed E-state index contributed by atoms with van der Waals surface area (Å²) >= 11 is 2.10. The summed E-state index contributed by atoms with van der Waals surface area (Å²) in [6, 6.07) is 29.5. The molecule has 3 aromatic rings. The van der Waals surface area contributed by atoms with Crippen molar-refractivity contribution in [2.75, 3.05) is 0 Å². The number of rotatable bonds is 8. The molecule has 1 aliphatic rings. The summed E-state index contributed by atoms with van der Waals surface area (Å²) in [6.45, 7) is 1.85. The predicted molar refractivity (Wildman–Crippen MR) is 142 cm³/mol. The van der Waals surface area contributed by atoms with Crippen molar-refractivity contribution in [1.29, 1.82) is 0 Å². The van der Waals surface area contributed by atoms with Crippen LogP contribution in [-0.2, 0) is 20.4 Å². The van der Waals surface area contributed by atoms with Crippen LogP contribution in [0.1, 0.15) is 39.0 Å². The van der Waals surface area contributed by atoms with Crippen molar-refractivity contribution < 1.29 is 14.3 Å². The molecule has 0 N–H and O–H groups in total. The standard InChI is InChI=1S/C28H30IO3S/c1-21(29)27(30)32-28(22-11-5-2-6-12-22)31-23-17-19-26(20-18-23)33(24-13-7-3-8-14-24)25-15-9-4-10-16-25/h3-4,7-10,13-22,28H,2,5-6,11-12H2,1H3/q+1. The smallest absolute Gasteiger partial charge is 0.321 e. The molecule has 3 aromatic carbocycles. The Balaban J connectivity index is 1.56. The van der Waals surface area contributed by atoms with Crippen LogP contribution in [0.3, 0.4) is 0 Å². The van der Waals surface area contributed by atoms with Crippen LogP contribution in [0, 0.1) is 5.92 Å². The van der Waals surface area contributed by atoms with Crippen molar-refractivity contribution in [2.45, 2.75) is 63.9 Å². The van der Waals surface area contributed by atoms with Gasteiger partial charge in [0, 0.05) is 5.92 Å². The molecule has 172 valence electrons. The zero-order valence-electron chi connectivity index (χ0n) is 18.9. The lowest BCUT2D eigenvalue weighted by Gasteiger charge is -2.30. The van der Waals surface area contributed by atoms with Gasteiger partial charge in [-0.1, -0.05) is 78.3 Å². The minimum Gasteiger partial charge on any atom is -0.454 e. The van der Waals surface area contributed by atoms with Gasteiger partial charge in [0.1, 0.15) is 9.67 Å². The van der Waals surface area contributed by atoms with Crippen molar-refractivity contribution in [1.82, 2.24) is 0 Å². The first kappa shape index (κ1) is 24.1. The molecule has 2 unspecified atom stereocenters. The number of hydrogen-bond donors (Lipinski definition) is 0. The SMILES string of the molecule is CC(I)C(=O)OC(Oc1ccc([S+](c2ccccc2)c2ccccc2)cc1)C1CCCCC1. The van der Waals surface area contributed by atoms with Crippen LogP contribution < -0.4 is 4.74 Å². The summed E-state index contributed by atoms with van der Waals surface area (Å²) in [5.74, 6) is 0.784. The quantitative estimate of drug-likeness (QED) is 0.0925.